The minimum Gasteiger partial charge on any atom is -0.497 e. The van der Waals surface area contributed by atoms with E-state index < -0.39 is 0 Å². The Morgan fingerprint density at radius 1 is 0.828 bits per heavy atom. The number of nitrogen functional groups attached to an aromatic ring is 1. The highest BCUT2D eigenvalue weighted by Gasteiger charge is 2.13. The van der Waals surface area contributed by atoms with Crippen LogP contribution in [0.5, 0.6) is 23.1 Å². The summed E-state index contributed by atoms with van der Waals surface area (Å²) in [7, 11) is 3.18. The second-order valence-electron chi connectivity index (χ2n) is 6.24. The molecule has 1 aromatic heterocycles. The van der Waals surface area contributed by atoms with E-state index in [-0.39, 0.29) is 5.88 Å². The first-order valence-electron chi connectivity index (χ1n) is 8.94. The maximum Gasteiger partial charge on any atom is 0.248 e. The number of hydrogen-bond acceptors (Lipinski definition) is 7. The van der Waals surface area contributed by atoms with Crippen LogP contribution in [0, 0.1) is 0 Å². The van der Waals surface area contributed by atoms with Gasteiger partial charge in [0.2, 0.25) is 5.88 Å². The Kier molecular flexibility index (Phi) is 5.03. The second kappa shape index (κ2) is 7.93. The monoisotopic (exact) mass is 388 g/mol. The van der Waals surface area contributed by atoms with Gasteiger partial charge in [0.15, 0.2) is 5.82 Å². The van der Waals surface area contributed by atoms with Crippen LogP contribution in [0.3, 0.4) is 0 Å². The van der Waals surface area contributed by atoms with Crippen LogP contribution in [-0.4, -0.2) is 24.2 Å². The van der Waals surface area contributed by atoms with Gasteiger partial charge < -0.3 is 25.3 Å². The fourth-order valence-electron chi connectivity index (χ4n) is 2.93. The largest absolute Gasteiger partial charge is 0.497 e. The molecule has 146 valence electrons. The summed E-state index contributed by atoms with van der Waals surface area (Å²) in [6.45, 7) is 0. The molecular formula is C22H20N4O3. The highest BCUT2D eigenvalue weighted by molar-refractivity contribution is 5.84. The zero-order valence-electron chi connectivity index (χ0n) is 16.0. The molecule has 0 spiro atoms. The molecule has 0 bridgehead atoms. The van der Waals surface area contributed by atoms with Gasteiger partial charge in [0.25, 0.3) is 0 Å². The summed E-state index contributed by atoms with van der Waals surface area (Å²) in [5, 5.41) is 5.36. The van der Waals surface area contributed by atoms with Crippen molar-refractivity contribution in [1.82, 2.24) is 9.97 Å². The lowest BCUT2D eigenvalue weighted by atomic mass is 10.1. The maximum atomic E-state index is 6.26. The van der Waals surface area contributed by atoms with Crippen molar-refractivity contribution >= 4 is 28.0 Å². The molecule has 3 aromatic carbocycles. The fourth-order valence-corrected chi connectivity index (χ4v) is 2.93. The van der Waals surface area contributed by atoms with Crippen molar-refractivity contribution in [2.75, 3.05) is 25.3 Å². The third-order valence-electron chi connectivity index (χ3n) is 4.44. The maximum absolute atomic E-state index is 6.26. The number of nitrogens with one attached hydrogen (secondary N) is 1. The lowest BCUT2D eigenvalue weighted by molar-refractivity contribution is 0.395. The van der Waals surface area contributed by atoms with Crippen molar-refractivity contribution in [3.8, 4) is 23.1 Å². The second-order valence-corrected chi connectivity index (χ2v) is 6.24. The van der Waals surface area contributed by atoms with Gasteiger partial charge >= 0.3 is 0 Å². The molecule has 7 heteroatoms. The normalized spacial score (nSPS) is 10.6. The predicted molar refractivity (Wildman–Crippen MR) is 113 cm³/mol. The van der Waals surface area contributed by atoms with Gasteiger partial charge in [-0.1, -0.05) is 30.3 Å². The Labute approximate surface area is 168 Å². The Morgan fingerprint density at radius 2 is 1.62 bits per heavy atom. The van der Waals surface area contributed by atoms with E-state index in [0.29, 0.717) is 34.4 Å². The lowest BCUT2D eigenvalue weighted by Crippen LogP contribution is -2.04. The number of nitrogens with two attached hydrogens (primary N) is 1. The third kappa shape index (κ3) is 3.84. The first-order valence-corrected chi connectivity index (χ1v) is 8.94. The molecule has 29 heavy (non-hydrogen) atoms. The van der Waals surface area contributed by atoms with Crippen LogP contribution in [0.1, 0.15) is 0 Å². The number of methoxy groups -OCH3 is 2. The summed E-state index contributed by atoms with van der Waals surface area (Å²) in [5.74, 6) is 2.61. The highest BCUT2D eigenvalue weighted by Crippen LogP contribution is 2.35. The number of fused-ring (bicyclic) bond motifs is 1. The van der Waals surface area contributed by atoms with Crippen LogP contribution in [0.15, 0.2) is 67.0 Å². The standard InChI is InChI=1S/C22H20N4O3/c1-27-16-9-10-18(19(12-16)28-2)26-21-20(23)22(25-13-24-21)29-17-8-7-14-5-3-4-6-15(14)11-17/h3-13H,23H2,1-2H3,(H,24,25,26). The van der Waals surface area contributed by atoms with E-state index in [1.807, 2.05) is 54.6 Å². The fraction of sp³-hybridized carbons (Fsp3) is 0.0909. The molecule has 0 fully saturated rings. The molecule has 0 aliphatic heterocycles. The average Bonchev–Trinajstić information content (AvgIpc) is 2.76. The van der Waals surface area contributed by atoms with Crippen molar-refractivity contribution in [3.05, 3.63) is 67.0 Å². The van der Waals surface area contributed by atoms with Crippen molar-refractivity contribution in [3.63, 3.8) is 0 Å². The number of hydrogen-bond donors (Lipinski definition) is 2. The molecule has 0 saturated carbocycles. The average molecular weight is 388 g/mol. The van der Waals surface area contributed by atoms with E-state index in [2.05, 4.69) is 15.3 Å². The van der Waals surface area contributed by atoms with E-state index in [1.54, 1.807) is 20.3 Å². The van der Waals surface area contributed by atoms with Crippen molar-refractivity contribution in [1.29, 1.82) is 0 Å². The zero-order chi connectivity index (χ0) is 20.2. The van der Waals surface area contributed by atoms with Gasteiger partial charge in [0.05, 0.1) is 19.9 Å². The lowest BCUT2D eigenvalue weighted by Gasteiger charge is -2.14. The van der Waals surface area contributed by atoms with E-state index in [1.165, 1.54) is 6.33 Å². The number of nitrogens with zero attached hydrogens (tertiary/aromatic N) is 2. The summed E-state index contributed by atoms with van der Waals surface area (Å²) in [6.07, 6.45) is 1.39. The molecule has 0 radical (unpaired) electrons. The minimum absolute atomic E-state index is 0.269. The first-order chi connectivity index (χ1) is 14.2. The van der Waals surface area contributed by atoms with Crippen LogP contribution >= 0.6 is 0 Å². The number of ether oxygens (including phenoxy) is 3. The van der Waals surface area contributed by atoms with E-state index in [4.69, 9.17) is 19.9 Å². The number of aromatic nitrogens is 2. The van der Waals surface area contributed by atoms with E-state index >= 15 is 0 Å². The Balaban J connectivity index is 1.62. The SMILES string of the molecule is COc1ccc(Nc2ncnc(Oc3ccc4ccccc4c3)c2N)c(OC)c1. The molecule has 1 heterocycles. The zero-order valence-corrected chi connectivity index (χ0v) is 16.0. The van der Waals surface area contributed by atoms with Crippen LogP contribution in [0.4, 0.5) is 17.2 Å². The van der Waals surface area contributed by atoms with Gasteiger partial charge in [-0.25, -0.2) is 4.98 Å². The van der Waals surface area contributed by atoms with Crippen LogP contribution in [-0.2, 0) is 0 Å². The summed E-state index contributed by atoms with van der Waals surface area (Å²) >= 11 is 0. The number of benzene rings is 3. The molecule has 0 aliphatic carbocycles. The third-order valence-corrected chi connectivity index (χ3v) is 4.44. The van der Waals surface area contributed by atoms with Gasteiger partial charge in [-0.2, -0.15) is 4.98 Å². The van der Waals surface area contributed by atoms with Crippen molar-refractivity contribution in [2.24, 2.45) is 0 Å². The molecular weight excluding hydrogens is 368 g/mol. The van der Waals surface area contributed by atoms with Crippen LogP contribution in [0.2, 0.25) is 0 Å². The Morgan fingerprint density at radius 3 is 2.41 bits per heavy atom. The molecule has 0 atom stereocenters. The van der Waals surface area contributed by atoms with E-state index in [9.17, 15) is 0 Å². The minimum atomic E-state index is 0.269. The molecule has 4 rings (SSSR count). The summed E-state index contributed by atoms with van der Waals surface area (Å²) in [5.41, 5.74) is 7.24. The van der Waals surface area contributed by atoms with Crippen molar-refractivity contribution < 1.29 is 14.2 Å². The van der Waals surface area contributed by atoms with Crippen LogP contribution < -0.4 is 25.3 Å². The first kappa shape index (κ1) is 18.4. The molecule has 0 unspecified atom stereocenters. The summed E-state index contributed by atoms with van der Waals surface area (Å²) in [6, 6.07) is 19.3. The van der Waals surface area contributed by atoms with Crippen LogP contribution in [0.25, 0.3) is 10.8 Å². The van der Waals surface area contributed by atoms with Gasteiger partial charge in [0, 0.05) is 6.07 Å². The molecule has 0 saturated heterocycles. The number of rotatable bonds is 6. The summed E-state index contributed by atoms with van der Waals surface area (Å²) < 4.78 is 16.6. The molecule has 0 aliphatic rings. The topological polar surface area (TPSA) is 91.5 Å². The number of anilines is 3. The Hall–Kier alpha value is -4.00. The van der Waals surface area contributed by atoms with E-state index in [0.717, 1.165) is 10.8 Å². The van der Waals surface area contributed by atoms with Crippen molar-refractivity contribution in [2.45, 2.75) is 0 Å². The predicted octanol–water partition coefficient (Wildman–Crippen LogP) is 4.77. The molecule has 3 N–H and O–H groups in total. The van der Waals surface area contributed by atoms with Gasteiger partial charge in [-0.15, -0.1) is 0 Å². The van der Waals surface area contributed by atoms with Gasteiger partial charge in [-0.3, -0.25) is 0 Å². The van der Waals surface area contributed by atoms with Gasteiger partial charge in [-0.05, 0) is 35.0 Å². The summed E-state index contributed by atoms with van der Waals surface area (Å²) in [4.78, 5) is 8.41. The Bertz CT molecular complexity index is 1160. The smallest absolute Gasteiger partial charge is 0.248 e. The molecule has 7 nitrogen and oxygen atoms in total. The molecule has 0 amide bonds. The molecule has 4 aromatic rings. The van der Waals surface area contributed by atoms with Gasteiger partial charge in [0.1, 0.15) is 29.3 Å². The highest BCUT2D eigenvalue weighted by atomic mass is 16.5. The quantitative estimate of drug-likeness (QED) is 0.492.